The molecule has 0 aliphatic heterocycles. The first kappa shape index (κ1) is 22.5. The molecular formula is I3S3Sb. The molecule has 7 heteroatoms. The molecule has 0 amide bonds. The van der Waals surface area contributed by atoms with Crippen LogP contribution in [0.15, 0.2) is 0 Å². The largest absolute Gasteiger partial charge is 3.00 e. The van der Waals surface area contributed by atoms with Crippen LogP contribution in [0.25, 0.3) is 0 Å². The molecule has 0 nitrogen and oxygen atoms in total. The second-order valence-corrected chi connectivity index (χ2v) is 0. The minimum absolute atomic E-state index is 0. The molecule has 0 aliphatic carbocycles. The Morgan fingerprint density at radius 1 is 0.571 bits per heavy atom. The van der Waals surface area contributed by atoms with Gasteiger partial charge in [-0.05, 0) is 0 Å². The molecule has 0 heterocycles. The van der Waals surface area contributed by atoms with E-state index >= 15 is 0 Å². The Balaban J connectivity index is -0.00000000900. The molecule has 0 aromatic rings. The first-order chi connectivity index (χ1) is 3.00. The van der Waals surface area contributed by atoms with Crippen molar-refractivity contribution in [1.82, 2.24) is 0 Å². The van der Waals surface area contributed by atoms with Crippen LogP contribution in [0.2, 0.25) is 0 Å². The van der Waals surface area contributed by atoms with E-state index in [9.17, 15) is 0 Å². The van der Waals surface area contributed by atoms with Gasteiger partial charge in [-0.1, -0.05) is 0 Å². The molecule has 0 aromatic carbocycles. The summed E-state index contributed by atoms with van der Waals surface area (Å²) < 4.78 is 0. The molecule has 0 N–H and O–H groups in total. The third-order valence-corrected chi connectivity index (χ3v) is 0. The SMILES string of the molecule is [S-]I.[S-]I.[S-]I.[Sb+3]. The second-order valence-electron chi connectivity index (χ2n) is 0. The minimum Gasteiger partial charge on any atom is -0.713 e. The zero-order valence-corrected chi connectivity index (χ0v) is 14.3. The van der Waals surface area contributed by atoms with Crippen LogP contribution in [0.3, 0.4) is 0 Å². The third kappa shape index (κ3) is 39.7. The summed E-state index contributed by atoms with van der Waals surface area (Å²) in [7, 11) is 12.2. The van der Waals surface area contributed by atoms with Crippen molar-refractivity contribution in [3.8, 4) is 0 Å². The maximum atomic E-state index is 4.05. The molecule has 0 atom stereocenters. The molecule has 0 bridgehead atoms. The molecule has 7 heavy (non-hydrogen) atoms. The van der Waals surface area contributed by atoms with Gasteiger partial charge in [-0.3, -0.25) is 63.6 Å². The third-order valence-electron chi connectivity index (χ3n) is 0. The van der Waals surface area contributed by atoms with Gasteiger partial charge >= 0.3 is 24.4 Å². The van der Waals surface area contributed by atoms with Crippen molar-refractivity contribution in [3.05, 3.63) is 0 Å². The van der Waals surface area contributed by atoms with E-state index < -0.39 is 0 Å². The first-order valence-electron chi connectivity index (χ1n) is 0.463. The molecule has 2 radical (unpaired) electrons. The number of hydrogen-bond acceptors (Lipinski definition) is 3. The maximum absolute atomic E-state index is 4.05. The molecule has 0 aliphatic rings. The van der Waals surface area contributed by atoms with Crippen molar-refractivity contribution in [2.45, 2.75) is 0 Å². The number of halogens is 3. The van der Waals surface area contributed by atoms with E-state index in [0.29, 0.717) is 0 Å². The normalized spacial score (nSPS) is 2.57. The van der Waals surface area contributed by atoms with Gasteiger partial charge in [0.05, 0.1) is 0 Å². The molecule has 0 unspecified atom stereocenters. The summed E-state index contributed by atoms with van der Waals surface area (Å²) in [6, 6.07) is 0. The van der Waals surface area contributed by atoms with Gasteiger partial charge in [-0.25, -0.2) is 0 Å². The van der Waals surface area contributed by atoms with E-state index in [2.05, 4.69) is 29.4 Å². The van der Waals surface area contributed by atoms with Crippen molar-refractivity contribution >= 4 is 117 Å². The zero-order valence-electron chi connectivity index (χ0n) is 2.81. The molecule has 44 valence electrons. The van der Waals surface area contributed by atoms with E-state index in [1.54, 1.807) is 63.6 Å². The van der Waals surface area contributed by atoms with Gasteiger partial charge in [0.1, 0.15) is 0 Å². The van der Waals surface area contributed by atoms with Crippen LogP contribution < -0.4 is 0 Å². The van der Waals surface area contributed by atoms with Crippen LogP contribution in [0.5, 0.6) is 0 Å². The summed E-state index contributed by atoms with van der Waals surface area (Å²) in [4.78, 5) is 0. The van der Waals surface area contributed by atoms with E-state index in [1.165, 1.54) is 0 Å². The monoisotopic (exact) mass is 598 g/mol. The van der Waals surface area contributed by atoms with Gasteiger partial charge in [0.2, 0.25) is 0 Å². The fourth-order valence-electron chi connectivity index (χ4n) is 0. The molecule has 0 spiro atoms. The van der Waals surface area contributed by atoms with E-state index in [-0.39, 0.29) is 24.4 Å². The Bertz CT molecular complexity index is 10.1. The predicted molar refractivity (Wildman–Crippen MR) is 69.9 cm³/mol. The maximum Gasteiger partial charge on any atom is 3.00 e. The average Bonchev–Trinajstić information content (AvgIpc) is 1.81. The van der Waals surface area contributed by atoms with Gasteiger partial charge in [0.15, 0.2) is 0 Å². The van der Waals surface area contributed by atoms with Gasteiger partial charge in [-0.15, -0.1) is 0 Å². The fourth-order valence-corrected chi connectivity index (χ4v) is 0. The number of hydrogen-bond donors (Lipinski definition) is 0. The summed E-state index contributed by atoms with van der Waals surface area (Å²) in [6.45, 7) is 0. The van der Waals surface area contributed by atoms with E-state index in [4.69, 9.17) is 0 Å². The van der Waals surface area contributed by atoms with E-state index in [1.807, 2.05) is 0 Å². The topological polar surface area (TPSA) is 0 Å². The second kappa shape index (κ2) is 50.1. The Morgan fingerprint density at radius 2 is 0.571 bits per heavy atom. The minimum atomic E-state index is 0. The zero-order chi connectivity index (χ0) is 6.00. The first-order valence-corrected chi connectivity index (χ1v) is 9.32. The molecular weight excluding hydrogens is 599 g/mol. The van der Waals surface area contributed by atoms with Crippen molar-refractivity contribution < 1.29 is 0 Å². The fraction of sp³-hybridized carbons (Fsp3) is 0. The Morgan fingerprint density at radius 3 is 0.571 bits per heavy atom. The summed E-state index contributed by atoms with van der Waals surface area (Å²) in [5.74, 6) is 0. The van der Waals surface area contributed by atoms with Crippen molar-refractivity contribution in [1.29, 1.82) is 0 Å². The van der Waals surface area contributed by atoms with Gasteiger partial charge < -0.3 is 29.4 Å². The molecule has 0 rings (SSSR count). The molecule has 0 fully saturated rings. The van der Waals surface area contributed by atoms with Crippen molar-refractivity contribution in [2.24, 2.45) is 0 Å². The van der Waals surface area contributed by atoms with Crippen LogP contribution in [0, 0.1) is 0 Å². The van der Waals surface area contributed by atoms with Crippen LogP contribution in [0.4, 0.5) is 0 Å². The van der Waals surface area contributed by atoms with Crippen molar-refractivity contribution in [3.63, 3.8) is 0 Å². The van der Waals surface area contributed by atoms with Gasteiger partial charge in [0.25, 0.3) is 0 Å². The Kier molecular flexibility index (Phi) is 161. The molecule has 0 aromatic heterocycles. The Labute approximate surface area is 115 Å². The van der Waals surface area contributed by atoms with Crippen LogP contribution in [-0.4, -0.2) is 24.4 Å². The summed E-state index contributed by atoms with van der Waals surface area (Å²) in [5, 5.41) is 0. The van der Waals surface area contributed by atoms with E-state index in [0.717, 1.165) is 0 Å². The smallest absolute Gasteiger partial charge is 0.713 e. The van der Waals surface area contributed by atoms with Gasteiger partial charge in [-0.2, -0.15) is 0 Å². The van der Waals surface area contributed by atoms with Crippen LogP contribution in [-0.2, 0) is 29.4 Å². The number of rotatable bonds is 0. The van der Waals surface area contributed by atoms with Crippen molar-refractivity contribution in [2.75, 3.05) is 0 Å². The summed E-state index contributed by atoms with van der Waals surface area (Å²) in [6.07, 6.45) is 0. The summed E-state index contributed by atoms with van der Waals surface area (Å²) >= 11 is 5.20. The van der Waals surface area contributed by atoms with Gasteiger partial charge in [0, 0.05) is 0 Å². The molecule has 0 saturated carbocycles. The summed E-state index contributed by atoms with van der Waals surface area (Å²) in [5.41, 5.74) is 0. The predicted octanol–water partition coefficient (Wildman–Crippen LogP) is 2.27. The quantitative estimate of drug-likeness (QED) is 0.239. The Hall–Kier alpha value is 4.06. The van der Waals surface area contributed by atoms with Crippen LogP contribution in [0.1, 0.15) is 0 Å². The van der Waals surface area contributed by atoms with Crippen LogP contribution >= 0.6 is 63.6 Å². The molecule has 0 saturated heterocycles. The average molecular weight is 599 g/mol. The standard InChI is InChI=1S/3IS.Sb/c3*1-2;/q3*-1;+3.